The molecule has 0 fully saturated rings. The maximum absolute atomic E-state index is 11.5. The highest BCUT2D eigenvalue weighted by molar-refractivity contribution is 6.00. The van der Waals surface area contributed by atoms with Crippen LogP contribution in [0.5, 0.6) is 0 Å². The van der Waals surface area contributed by atoms with E-state index in [1.165, 1.54) is 0 Å². The average Bonchev–Trinajstić information content (AvgIpc) is 3.59. The molecule has 5 rings (SSSR count). The van der Waals surface area contributed by atoms with Gasteiger partial charge in [-0.05, 0) is 121 Å². The Kier molecular flexibility index (Phi) is 7.61. The number of nitrogens with zero attached hydrogens (tertiary/aromatic N) is 1. The van der Waals surface area contributed by atoms with Crippen LogP contribution in [0, 0.1) is 13.8 Å². The topological polar surface area (TPSA) is 119 Å². The number of hydrogen-bond donors (Lipinski definition) is 4. The van der Waals surface area contributed by atoms with Gasteiger partial charge in [0.25, 0.3) is 0 Å². The van der Waals surface area contributed by atoms with Crippen molar-refractivity contribution in [1.29, 1.82) is 0 Å². The summed E-state index contributed by atoms with van der Waals surface area (Å²) in [4.78, 5) is 35.1. The van der Waals surface area contributed by atoms with Crippen molar-refractivity contribution in [2.45, 2.75) is 53.4 Å². The van der Waals surface area contributed by atoms with E-state index in [0.29, 0.717) is 18.5 Å². The molecule has 0 amide bonds. The fraction of sp³-hybridized carbons (Fsp3) is 0.229. The van der Waals surface area contributed by atoms with Crippen LogP contribution in [0.1, 0.15) is 77.9 Å². The third kappa shape index (κ3) is 5.14. The summed E-state index contributed by atoms with van der Waals surface area (Å²) in [7, 11) is 0. The van der Waals surface area contributed by atoms with Gasteiger partial charge in [0.15, 0.2) is 0 Å². The van der Waals surface area contributed by atoms with Gasteiger partial charge in [0, 0.05) is 40.5 Å². The van der Waals surface area contributed by atoms with E-state index in [4.69, 9.17) is 4.98 Å². The van der Waals surface area contributed by atoms with Gasteiger partial charge in [-0.1, -0.05) is 25.3 Å². The summed E-state index contributed by atoms with van der Waals surface area (Å²) in [6.07, 6.45) is 4.36. The molecule has 0 radical (unpaired) electrons. The van der Waals surface area contributed by atoms with Gasteiger partial charge in [-0.2, -0.15) is 0 Å². The van der Waals surface area contributed by atoms with Crippen molar-refractivity contribution in [2.75, 3.05) is 0 Å². The number of nitrogens with one attached hydrogen (secondary N) is 2. The molecule has 3 aromatic rings. The number of fused-ring (bicyclic) bond motifs is 8. The smallest absolute Gasteiger partial charge is 0.303 e. The second kappa shape index (κ2) is 11.2. The molecule has 0 spiro atoms. The van der Waals surface area contributed by atoms with Crippen LogP contribution in [0.15, 0.2) is 49.6 Å². The molecule has 0 unspecified atom stereocenters. The third-order valence-electron chi connectivity index (χ3n) is 8.41. The number of rotatable bonds is 8. The van der Waals surface area contributed by atoms with E-state index in [-0.39, 0.29) is 12.8 Å². The molecule has 4 heterocycles. The Bertz CT molecular complexity index is 1910. The minimum atomic E-state index is -0.877. The van der Waals surface area contributed by atoms with Crippen molar-refractivity contribution >= 4 is 62.4 Å². The summed E-state index contributed by atoms with van der Waals surface area (Å²) in [5, 5.41) is 18.9. The van der Waals surface area contributed by atoms with Crippen LogP contribution in [0.3, 0.4) is 0 Å². The Hall–Kier alpha value is -4.91. The molecule has 8 bridgehead atoms. The van der Waals surface area contributed by atoms with E-state index in [1.54, 1.807) is 0 Å². The third-order valence-corrected chi connectivity index (χ3v) is 8.41. The van der Waals surface area contributed by atoms with Crippen LogP contribution in [0.2, 0.25) is 0 Å². The Morgan fingerprint density at radius 3 is 2.02 bits per heavy atom. The monoisotopic (exact) mass is 561 g/mol. The van der Waals surface area contributed by atoms with Gasteiger partial charge >= 0.3 is 11.9 Å². The molecule has 1 aliphatic carbocycles. The van der Waals surface area contributed by atoms with Gasteiger partial charge in [-0.15, -0.1) is 0 Å². The molecule has 42 heavy (non-hydrogen) atoms. The molecule has 1 aliphatic heterocycles. The van der Waals surface area contributed by atoms with Crippen molar-refractivity contribution in [3.05, 3.63) is 94.3 Å². The lowest BCUT2D eigenvalue weighted by Gasteiger charge is -2.03. The van der Waals surface area contributed by atoms with Crippen LogP contribution in [0.25, 0.3) is 50.4 Å². The maximum Gasteiger partial charge on any atom is 0.303 e. The molecule has 0 saturated heterocycles. The van der Waals surface area contributed by atoms with Crippen molar-refractivity contribution < 1.29 is 19.8 Å². The predicted octanol–water partition coefficient (Wildman–Crippen LogP) is 8.11. The standard InChI is InChI=1S/C35H35N3O4/c1-7-24-18(3)22-13-23(24)15-29-19(4)25(8-2)31(36-29)16-30-21(6)27(10-12-35(41)42)33(38-30)17-32-26(9-11-34(39)40)20(5)28(14-22)37-32/h7-8,13-17,36-37H,1-2,9-12H2,3-6H3,(H,39,40)(H,41,42). The van der Waals surface area contributed by atoms with Crippen LogP contribution >= 0.6 is 0 Å². The lowest BCUT2D eigenvalue weighted by atomic mass is 10.0. The molecule has 0 atom stereocenters. The zero-order valence-corrected chi connectivity index (χ0v) is 24.4. The highest BCUT2D eigenvalue weighted by Crippen LogP contribution is 2.37. The fourth-order valence-electron chi connectivity index (χ4n) is 5.96. The van der Waals surface area contributed by atoms with Gasteiger partial charge in [0.2, 0.25) is 0 Å². The number of carboxylic acid groups (broad SMARTS) is 2. The molecule has 214 valence electrons. The molecule has 4 N–H and O–H groups in total. The minimum absolute atomic E-state index is 0.00885. The fourth-order valence-corrected chi connectivity index (χ4v) is 5.96. The molecule has 7 nitrogen and oxygen atoms in total. The Morgan fingerprint density at radius 1 is 0.738 bits per heavy atom. The lowest BCUT2D eigenvalue weighted by Crippen LogP contribution is -1.98. The first-order chi connectivity index (χ1) is 20.0. The number of carboxylic acids is 2. The largest absolute Gasteiger partial charge is 0.481 e. The summed E-state index contributed by atoms with van der Waals surface area (Å²) >= 11 is 0. The first-order valence-corrected chi connectivity index (χ1v) is 14.0. The first-order valence-electron chi connectivity index (χ1n) is 14.0. The van der Waals surface area contributed by atoms with Crippen LogP contribution < -0.4 is 0 Å². The van der Waals surface area contributed by atoms with E-state index >= 15 is 0 Å². The highest BCUT2D eigenvalue weighted by atomic mass is 16.4. The summed E-state index contributed by atoms with van der Waals surface area (Å²) in [5.41, 5.74) is 14.8. The SMILES string of the molecule is C=CC1=C(C)c2cc1cc1[nH]c(cc3nc(cc4[nH]c(c2)c(C)c4CCC(=O)O)C(CCC(=O)O)=C3C)c(C=C)c1C. The molecule has 2 aliphatic rings. The van der Waals surface area contributed by atoms with E-state index in [1.807, 2.05) is 38.1 Å². The number of aliphatic carboxylic acids is 2. The van der Waals surface area contributed by atoms with Crippen LogP contribution in [-0.2, 0) is 16.0 Å². The van der Waals surface area contributed by atoms with Gasteiger partial charge < -0.3 is 20.2 Å². The van der Waals surface area contributed by atoms with Crippen LogP contribution in [-0.4, -0.2) is 37.1 Å². The van der Waals surface area contributed by atoms with E-state index in [0.717, 1.165) is 83.4 Å². The summed E-state index contributed by atoms with van der Waals surface area (Å²) in [5.74, 6) is -1.74. The predicted molar refractivity (Wildman–Crippen MR) is 171 cm³/mol. The van der Waals surface area contributed by atoms with Gasteiger partial charge in [-0.25, -0.2) is 4.98 Å². The van der Waals surface area contributed by atoms with Crippen LogP contribution in [0.4, 0.5) is 0 Å². The Morgan fingerprint density at radius 2 is 1.36 bits per heavy atom. The second-order valence-electron chi connectivity index (χ2n) is 10.9. The van der Waals surface area contributed by atoms with Crippen molar-refractivity contribution in [3.63, 3.8) is 0 Å². The average molecular weight is 562 g/mol. The summed E-state index contributed by atoms with van der Waals surface area (Å²) < 4.78 is 0. The zero-order chi connectivity index (χ0) is 30.3. The zero-order valence-electron chi connectivity index (χ0n) is 24.4. The van der Waals surface area contributed by atoms with E-state index in [2.05, 4.69) is 55.2 Å². The van der Waals surface area contributed by atoms with Gasteiger partial charge in [-0.3, -0.25) is 9.59 Å². The number of aromatic amines is 2. The number of H-pyrrole nitrogens is 2. The maximum atomic E-state index is 11.5. The molecular formula is C35H35N3O4. The molecule has 7 heteroatoms. The lowest BCUT2D eigenvalue weighted by molar-refractivity contribution is -0.137. The van der Waals surface area contributed by atoms with Gasteiger partial charge in [0.1, 0.15) is 0 Å². The van der Waals surface area contributed by atoms with E-state index < -0.39 is 11.9 Å². The number of carbonyl (C=O) groups is 2. The quantitative estimate of drug-likeness (QED) is 0.221. The Balaban J connectivity index is 1.94. The van der Waals surface area contributed by atoms with Crippen molar-refractivity contribution in [2.24, 2.45) is 0 Å². The van der Waals surface area contributed by atoms with Gasteiger partial charge in [0.05, 0.1) is 11.4 Å². The van der Waals surface area contributed by atoms with Crippen molar-refractivity contribution in [3.8, 4) is 0 Å². The number of aromatic nitrogens is 3. The molecule has 0 aromatic carbocycles. The Labute approximate surface area is 244 Å². The van der Waals surface area contributed by atoms with Crippen molar-refractivity contribution in [1.82, 2.24) is 15.0 Å². The summed E-state index contributed by atoms with van der Waals surface area (Å²) in [6.45, 7) is 16.2. The normalized spacial score (nSPS) is 13.0. The number of hydrogen-bond acceptors (Lipinski definition) is 3. The summed E-state index contributed by atoms with van der Waals surface area (Å²) in [6, 6.07) is 10.3. The first kappa shape index (κ1) is 28.6. The van der Waals surface area contributed by atoms with E-state index in [9.17, 15) is 19.8 Å². The highest BCUT2D eigenvalue weighted by Gasteiger charge is 2.20. The molecule has 0 saturated carbocycles. The minimum Gasteiger partial charge on any atom is -0.481 e. The molecular weight excluding hydrogens is 526 g/mol. The second-order valence-corrected chi connectivity index (χ2v) is 10.9. The molecule has 3 aromatic heterocycles. The number of aryl methyl sites for hydroxylation is 3. The number of allylic oxidation sites excluding steroid dienone is 5.